The van der Waals surface area contributed by atoms with Crippen LogP contribution in [-0.4, -0.2) is 11.4 Å². The molecule has 5 rings (SSSR count). The smallest absolute Gasteiger partial charge is 0.0803 e. The van der Waals surface area contributed by atoms with Crippen LogP contribution in [0, 0.1) is 13.8 Å². The van der Waals surface area contributed by atoms with E-state index in [1.54, 1.807) is 0 Å². The van der Waals surface area contributed by atoms with E-state index in [0.29, 0.717) is 0 Å². The molecule has 4 aromatic carbocycles. The molecule has 0 saturated heterocycles. The average molecular weight is 386 g/mol. The molecule has 0 saturated carbocycles. The number of hydrogen-bond donors (Lipinski definition) is 0. The lowest BCUT2D eigenvalue weighted by Crippen LogP contribution is -2.10. The zero-order chi connectivity index (χ0) is 20.5. The van der Waals surface area contributed by atoms with Gasteiger partial charge < -0.3 is 0 Å². The molecule has 0 amide bonds. The summed E-state index contributed by atoms with van der Waals surface area (Å²) >= 11 is 0. The van der Waals surface area contributed by atoms with Crippen LogP contribution in [-0.2, 0) is 0 Å². The third-order valence-electron chi connectivity index (χ3n) is 5.37. The van der Waals surface area contributed by atoms with Crippen molar-refractivity contribution in [2.24, 2.45) is 9.98 Å². The van der Waals surface area contributed by atoms with Gasteiger partial charge in [0.25, 0.3) is 0 Å². The molecule has 4 aromatic rings. The van der Waals surface area contributed by atoms with Crippen molar-refractivity contribution >= 4 is 22.8 Å². The molecule has 0 aromatic heterocycles. The quantitative estimate of drug-likeness (QED) is 0.313. The van der Waals surface area contributed by atoms with Crippen LogP contribution in [0.4, 0.5) is 11.4 Å². The van der Waals surface area contributed by atoms with Crippen LogP contribution in [0.1, 0.15) is 33.4 Å². The molecule has 0 radical (unpaired) electrons. The molecule has 0 atom stereocenters. The second-order valence-corrected chi connectivity index (χ2v) is 7.69. The van der Waals surface area contributed by atoms with Crippen molar-refractivity contribution in [2.45, 2.75) is 13.8 Å². The van der Waals surface area contributed by atoms with E-state index in [0.717, 1.165) is 45.1 Å². The van der Waals surface area contributed by atoms with Gasteiger partial charge in [0.1, 0.15) is 0 Å². The minimum absolute atomic E-state index is 0.934. The molecular formula is C28H22N2. The molecule has 2 heteroatoms. The zero-order valence-electron chi connectivity index (χ0n) is 17.1. The standard InChI is InChI=1S/C28H22N2/c1-19-9-7-11-21(17-19)27-23-13-3-5-15-25(23)30-28(22-12-8-10-20(2)18-22)24-14-4-6-16-26(24)29-27/h3-18H,1-2H3. The van der Waals surface area contributed by atoms with Crippen molar-refractivity contribution in [3.8, 4) is 0 Å². The number of para-hydroxylation sites is 2. The zero-order valence-corrected chi connectivity index (χ0v) is 17.1. The van der Waals surface area contributed by atoms with Crippen molar-refractivity contribution < 1.29 is 0 Å². The highest BCUT2D eigenvalue weighted by Gasteiger charge is 2.19. The molecule has 0 bridgehead atoms. The van der Waals surface area contributed by atoms with Gasteiger partial charge in [-0.3, -0.25) is 0 Å². The van der Waals surface area contributed by atoms with Gasteiger partial charge in [0.05, 0.1) is 22.8 Å². The number of benzene rings is 4. The number of aliphatic imine (C=N–C) groups is 2. The van der Waals surface area contributed by atoms with E-state index in [1.165, 1.54) is 11.1 Å². The lowest BCUT2D eigenvalue weighted by atomic mass is 9.95. The largest absolute Gasteiger partial charge is 0.247 e. The van der Waals surface area contributed by atoms with Gasteiger partial charge in [-0.25, -0.2) is 9.98 Å². The highest BCUT2D eigenvalue weighted by atomic mass is 14.8. The van der Waals surface area contributed by atoms with Crippen LogP contribution in [0.5, 0.6) is 0 Å². The van der Waals surface area contributed by atoms with Crippen LogP contribution in [0.25, 0.3) is 0 Å². The Morgan fingerprint density at radius 1 is 0.467 bits per heavy atom. The Morgan fingerprint density at radius 3 is 1.33 bits per heavy atom. The Morgan fingerprint density at radius 2 is 0.900 bits per heavy atom. The predicted octanol–water partition coefficient (Wildman–Crippen LogP) is 6.96. The van der Waals surface area contributed by atoms with E-state index >= 15 is 0 Å². The summed E-state index contributed by atoms with van der Waals surface area (Å²) in [4.78, 5) is 10.4. The van der Waals surface area contributed by atoms with E-state index < -0.39 is 0 Å². The van der Waals surface area contributed by atoms with Gasteiger partial charge in [0, 0.05) is 22.3 Å². The van der Waals surface area contributed by atoms with Gasteiger partial charge in [0.15, 0.2) is 0 Å². The molecule has 1 heterocycles. The molecular weight excluding hydrogens is 364 g/mol. The molecule has 144 valence electrons. The first-order valence-corrected chi connectivity index (χ1v) is 10.2. The minimum atomic E-state index is 0.934. The Kier molecular flexibility index (Phi) is 4.61. The molecule has 1 aliphatic rings. The van der Waals surface area contributed by atoms with Crippen LogP contribution < -0.4 is 0 Å². The van der Waals surface area contributed by atoms with Crippen molar-refractivity contribution in [1.82, 2.24) is 0 Å². The Hall–Kier alpha value is -3.78. The van der Waals surface area contributed by atoms with E-state index in [9.17, 15) is 0 Å². The third kappa shape index (κ3) is 3.37. The monoisotopic (exact) mass is 386 g/mol. The second kappa shape index (κ2) is 7.57. The number of hydrogen-bond acceptors (Lipinski definition) is 2. The van der Waals surface area contributed by atoms with Crippen molar-refractivity contribution in [3.05, 3.63) is 130 Å². The highest BCUT2D eigenvalue weighted by molar-refractivity contribution is 6.22. The number of rotatable bonds is 2. The number of aryl methyl sites for hydroxylation is 2. The normalized spacial score (nSPS) is 12.7. The first-order valence-electron chi connectivity index (χ1n) is 10.2. The van der Waals surface area contributed by atoms with Crippen molar-refractivity contribution in [2.75, 3.05) is 0 Å². The first-order chi connectivity index (χ1) is 14.7. The van der Waals surface area contributed by atoms with Gasteiger partial charge in [-0.2, -0.15) is 0 Å². The summed E-state index contributed by atoms with van der Waals surface area (Å²) in [7, 11) is 0. The Labute approximate surface area is 177 Å². The first kappa shape index (κ1) is 18.3. The SMILES string of the molecule is Cc1cccc(C2=Nc3ccccc3C(c3cccc(C)c3)=Nc3ccccc32)c1. The number of nitrogens with zero attached hydrogens (tertiary/aromatic N) is 2. The Bertz CT molecular complexity index is 1210. The highest BCUT2D eigenvalue weighted by Crippen LogP contribution is 2.33. The summed E-state index contributed by atoms with van der Waals surface area (Å²) in [6, 6.07) is 33.6. The third-order valence-corrected chi connectivity index (χ3v) is 5.37. The van der Waals surface area contributed by atoms with Crippen LogP contribution >= 0.6 is 0 Å². The van der Waals surface area contributed by atoms with Crippen LogP contribution in [0.3, 0.4) is 0 Å². The maximum Gasteiger partial charge on any atom is 0.0803 e. The Balaban J connectivity index is 1.82. The molecule has 0 spiro atoms. The van der Waals surface area contributed by atoms with Crippen molar-refractivity contribution in [3.63, 3.8) is 0 Å². The average Bonchev–Trinajstić information content (AvgIpc) is 2.75. The van der Waals surface area contributed by atoms with Crippen LogP contribution in [0.15, 0.2) is 107 Å². The topological polar surface area (TPSA) is 24.7 Å². The molecule has 0 unspecified atom stereocenters. The van der Waals surface area contributed by atoms with E-state index in [2.05, 4.69) is 98.8 Å². The van der Waals surface area contributed by atoms with Gasteiger partial charge in [-0.05, 0) is 38.1 Å². The van der Waals surface area contributed by atoms with E-state index in [1.807, 2.05) is 12.1 Å². The number of fused-ring (bicyclic) bond motifs is 2. The summed E-state index contributed by atoms with van der Waals surface area (Å²) in [5.41, 5.74) is 10.5. The van der Waals surface area contributed by atoms with Gasteiger partial charge in [-0.1, -0.05) is 83.9 Å². The van der Waals surface area contributed by atoms with Gasteiger partial charge >= 0.3 is 0 Å². The van der Waals surface area contributed by atoms with Gasteiger partial charge in [-0.15, -0.1) is 0 Å². The van der Waals surface area contributed by atoms with Crippen molar-refractivity contribution in [1.29, 1.82) is 0 Å². The van der Waals surface area contributed by atoms with Crippen LogP contribution in [0.2, 0.25) is 0 Å². The minimum Gasteiger partial charge on any atom is -0.247 e. The maximum absolute atomic E-state index is 5.19. The maximum atomic E-state index is 5.19. The summed E-state index contributed by atoms with van der Waals surface area (Å²) in [6.45, 7) is 4.22. The molecule has 0 N–H and O–H groups in total. The lowest BCUT2D eigenvalue weighted by Gasteiger charge is -2.18. The predicted molar refractivity (Wildman–Crippen MR) is 126 cm³/mol. The summed E-state index contributed by atoms with van der Waals surface area (Å²) < 4.78 is 0. The molecule has 1 aliphatic heterocycles. The molecule has 0 aliphatic carbocycles. The summed E-state index contributed by atoms with van der Waals surface area (Å²) in [5, 5.41) is 0. The van der Waals surface area contributed by atoms with E-state index in [-0.39, 0.29) is 0 Å². The fourth-order valence-electron chi connectivity index (χ4n) is 3.93. The fourth-order valence-corrected chi connectivity index (χ4v) is 3.93. The molecule has 0 fully saturated rings. The lowest BCUT2D eigenvalue weighted by molar-refractivity contribution is 1.37. The van der Waals surface area contributed by atoms with E-state index in [4.69, 9.17) is 9.98 Å². The molecule has 30 heavy (non-hydrogen) atoms. The van der Waals surface area contributed by atoms with Gasteiger partial charge in [0.2, 0.25) is 0 Å². The summed E-state index contributed by atoms with van der Waals surface area (Å²) in [5.74, 6) is 0. The second-order valence-electron chi connectivity index (χ2n) is 7.69. The molecule has 2 nitrogen and oxygen atoms in total. The summed E-state index contributed by atoms with van der Waals surface area (Å²) in [6.07, 6.45) is 0. The fraction of sp³-hybridized carbons (Fsp3) is 0.0714.